The molecule has 2 saturated carbocycles. The Kier molecular flexibility index (Phi) is 6.30. The zero-order valence-corrected chi connectivity index (χ0v) is 17.5. The van der Waals surface area contributed by atoms with Gasteiger partial charge in [0.1, 0.15) is 5.82 Å². The molecule has 0 radical (unpaired) electrons. The minimum absolute atomic E-state index is 0.476. The zero-order valence-electron chi connectivity index (χ0n) is 17.5. The second kappa shape index (κ2) is 9.08. The highest BCUT2D eigenvalue weighted by atomic mass is 15.2. The maximum absolute atomic E-state index is 4.80. The lowest BCUT2D eigenvalue weighted by Crippen LogP contribution is -2.39. The van der Waals surface area contributed by atoms with Crippen LogP contribution in [0.3, 0.4) is 0 Å². The fraction of sp³-hybridized carbons (Fsp3) is 0.652. The summed E-state index contributed by atoms with van der Waals surface area (Å²) in [5.41, 5.74) is 1.01. The predicted octanol–water partition coefficient (Wildman–Crippen LogP) is 4.59. The molecular weight excluding hydrogens is 346 g/mol. The number of para-hydroxylation sites is 1. The van der Waals surface area contributed by atoms with Gasteiger partial charge in [-0.25, -0.2) is 4.98 Å². The number of fused-ring (bicyclic) bond motifs is 1. The van der Waals surface area contributed by atoms with Gasteiger partial charge >= 0.3 is 0 Å². The van der Waals surface area contributed by atoms with Gasteiger partial charge in [0.15, 0.2) is 0 Å². The molecule has 0 bridgehead atoms. The SMILES string of the molecule is CN(C)c1nc(NC2CCC(NCC3CCCCC3)CC2)nc2ccccc12. The Labute approximate surface area is 169 Å². The average molecular weight is 382 g/mol. The van der Waals surface area contributed by atoms with Gasteiger partial charge in [-0.05, 0) is 63.1 Å². The van der Waals surface area contributed by atoms with Crippen LogP contribution in [0, 0.1) is 5.92 Å². The maximum atomic E-state index is 4.80. The van der Waals surface area contributed by atoms with E-state index in [1.165, 1.54) is 64.3 Å². The van der Waals surface area contributed by atoms with Gasteiger partial charge in [0.2, 0.25) is 5.95 Å². The Balaban J connectivity index is 1.32. The number of nitrogens with zero attached hydrogens (tertiary/aromatic N) is 3. The van der Waals surface area contributed by atoms with E-state index in [4.69, 9.17) is 9.97 Å². The molecule has 2 aromatic rings. The van der Waals surface area contributed by atoms with Gasteiger partial charge in [-0.1, -0.05) is 31.4 Å². The van der Waals surface area contributed by atoms with Crippen molar-refractivity contribution in [2.24, 2.45) is 5.92 Å². The average Bonchev–Trinajstić information content (AvgIpc) is 2.73. The van der Waals surface area contributed by atoms with Crippen LogP contribution in [0.25, 0.3) is 10.9 Å². The van der Waals surface area contributed by atoms with Crippen molar-refractivity contribution < 1.29 is 0 Å². The summed E-state index contributed by atoms with van der Waals surface area (Å²) < 4.78 is 0. The minimum Gasteiger partial charge on any atom is -0.362 e. The normalized spacial score (nSPS) is 23.6. The van der Waals surface area contributed by atoms with Crippen molar-refractivity contribution in [1.82, 2.24) is 15.3 Å². The Morgan fingerprint density at radius 3 is 2.36 bits per heavy atom. The molecule has 0 unspecified atom stereocenters. The highest BCUT2D eigenvalue weighted by Gasteiger charge is 2.23. The van der Waals surface area contributed by atoms with E-state index in [1.54, 1.807) is 0 Å². The molecule has 2 aliphatic rings. The van der Waals surface area contributed by atoms with E-state index in [2.05, 4.69) is 27.7 Å². The van der Waals surface area contributed by atoms with E-state index >= 15 is 0 Å². The standard InChI is InChI=1S/C23H35N5/c1-28(2)22-20-10-6-7-11-21(20)26-23(27-22)25-19-14-12-18(13-15-19)24-16-17-8-4-3-5-9-17/h6-7,10-11,17-19,24H,3-5,8-9,12-16H2,1-2H3,(H,25,26,27). The maximum Gasteiger partial charge on any atom is 0.225 e. The van der Waals surface area contributed by atoms with Gasteiger partial charge in [-0.15, -0.1) is 0 Å². The van der Waals surface area contributed by atoms with Crippen LogP contribution >= 0.6 is 0 Å². The van der Waals surface area contributed by atoms with Crippen molar-refractivity contribution in [3.8, 4) is 0 Å². The van der Waals surface area contributed by atoms with E-state index in [0.717, 1.165) is 28.6 Å². The molecule has 0 amide bonds. The predicted molar refractivity (Wildman–Crippen MR) is 118 cm³/mol. The number of benzene rings is 1. The number of rotatable bonds is 6. The lowest BCUT2D eigenvalue weighted by molar-refractivity contribution is 0.294. The fourth-order valence-electron chi connectivity index (χ4n) is 4.81. The molecule has 2 aliphatic carbocycles. The number of hydrogen-bond donors (Lipinski definition) is 2. The van der Waals surface area contributed by atoms with E-state index in [0.29, 0.717) is 12.1 Å². The molecular formula is C23H35N5. The molecule has 4 rings (SSSR count). The summed E-state index contributed by atoms with van der Waals surface area (Å²) in [6, 6.07) is 9.42. The molecule has 0 aliphatic heterocycles. The van der Waals surface area contributed by atoms with Crippen molar-refractivity contribution in [2.45, 2.75) is 69.9 Å². The molecule has 5 nitrogen and oxygen atoms in total. The van der Waals surface area contributed by atoms with Crippen LogP contribution in [-0.2, 0) is 0 Å². The van der Waals surface area contributed by atoms with E-state index in [-0.39, 0.29) is 0 Å². The molecule has 1 aromatic carbocycles. The molecule has 0 spiro atoms. The summed E-state index contributed by atoms with van der Waals surface area (Å²) in [5, 5.41) is 8.58. The molecule has 0 saturated heterocycles. The second-order valence-corrected chi connectivity index (χ2v) is 8.89. The topological polar surface area (TPSA) is 53.1 Å². The Morgan fingerprint density at radius 1 is 0.893 bits per heavy atom. The zero-order chi connectivity index (χ0) is 19.3. The van der Waals surface area contributed by atoms with Gasteiger partial charge < -0.3 is 15.5 Å². The van der Waals surface area contributed by atoms with Crippen LogP contribution in [-0.4, -0.2) is 42.7 Å². The molecule has 2 N–H and O–H groups in total. The molecule has 0 atom stereocenters. The first kappa shape index (κ1) is 19.4. The van der Waals surface area contributed by atoms with Gasteiger partial charge in [0.05, 0.1) is 5.52 Å². The van der Waals surface area contributed by atoms with Gasteiger partial charge in [0, 0.05) is 31.6 Å². The lowest BCUT2D eigenvalue weighted by Gasteiger charge is -2.31. The molecule has 1 heterocycles. The Morgan fingerprint density at radius 2 is 1.61 bits per heavy atom. The van der Waals surface area contributed by atoms with Crippen LogP contribution in [0.2, 0.25) is 0 Å². The fourth-order valence-corrected chi connectivity index (χ4v) is 4.81. The molecule has 5 heteroatoms. The van der Waals surface area contributed by atoms with Crippen LogP contribution in [0.5, 0.6) is 0 Å². The summed E-state index contributed by atoms with van der Waals surface area (Å²) >= 11 is 0. The van der Waals surface area contributed by atoms with Crippen molar-refractivity contribution in [1.29, 1.82) is 0 Å². The van der Waals surface area contributed by atoms with Crippen LogP contribution in [0.1, 0.15) is 57.8 Å². The third-order valence-electron chi connectivity index (χ3n) is 6.49. The lowest BCUT2D eigenvalue weighted by atomic mass is 9.87. The first-order chi connectivity index (χ1) is 13.7. The van der Waals surface area contributed by atoms with Crippen molar-refractivity contribution in [2.75, 3.05) is 30.9 Å². The monoisotopic (exact) mass is 381 g/mol. The van der Waals surface area contributed by atoms with E-state index < -0.39 is 0 Å². The smallest absolute Gasteiger partial charge is 0.225 e. The Bertz CT molecular complexity index is 761. The highest BCUT2D eigenvalue weighted by molar-refractivity contribution is 5.90. The summed E-state index contributed by atoms with van der Waals surface area (Å²) in [7, 11) is 4.09. The molecule has 1 aromatic heterocycles. The number of aromatic nitrogens is 2. The third-order valence-corrected chi connectivity index (χ3v) is 6.49. The summed E-state index contributed by atoms with van der Waals surface area (Å²) in [6.45, 7) is 1.22. The third kappa shape index (κ3) is 4.75. The van der Waals surface area contributed by atoms with Crippen molar-refractivity contribution >= 4 is 22.7 Å². The summed E-state index contributed by atoms with van der Waals surface area (Å²) in [6.07, 6.45) is 12.0. The number of nitrogens with one attached hydrogen (secondary N) is 2. The summed E-state index contributed by atoms with van der Waals surface area (Å²) in [5.74, 6) is 2.66. The van der Waals surface area contributed by atoms with Gasteiger partial charge in [-0.2, -0.15) is 4.98 Å². The number of hydrogen-bond acceptors (Lipinski definition) is 5. The van der Waals surface area contributed by atoms with Crippen molar-refractivity contribution in [3.63, 3.8) is 0 Å². The Hall–Kier alpha value is -1.88. The second-order valence-electron chi connectivity index (χ2n) is 8.89. The van der Waals surface area contributed by atoms with Crippen LogP contribution in [0.4, 0.5) is 11.8 Å². The van der Waals surface area contributed by atoms with Crippen LogP contribution in [0.15, 0.2) is 24.3 Å². The highest BCUT2D eigenvalue weighted by Crippen LogP contribution is 2.27. The van der Waals surface area contributed by atoms with Crippen molar-refractivity contribution in [3.05, 3.63) is 24.3 Å². The van der Waals surface area contributed by atoms with Gasteiger partial charge in [-0.3, -0.25) is 0 Å². The quantitative estimate of drug-likeness (QED) is 0.766. The van der Waals surface area contributed by atoms with E-state index in [9.17, 15) is 0 Å². The molecule has 2 fully saturated rings. The molecule has 152 valence electrons. The number of anilines is 2. The first-order valence-corrected chi connectivity index (χ1v) is 11.1. The van der Waals surface area contributed by atoms with Crippen LogP contribution < -0.4 is 15.5 Å². The van der Waals surface area contributed by atoms with Gasteiger partial charge in [0.25, 0.3) is 0 Å². The molecule has 28 heavy (non-hydrogen) atoms. The first-order valence-electron chi connectivity index (χ1n) is 11.1. The summed E-state index contributed by atoms with van der Waals surface area (Å²) in [4.78, 5) is 11.6. The van der Waals surface area contributed by atoms with E-state index in [1.807, 2.05) is 26.2 Å². The largest absolute Gasteiger partial charge is 0.362 e. The minimum atomic E-state index is 0.476.